The molecular formula is C10H6N2OS2. The fourth-order valence-electron chi connectivity index (χ4n) is 1.24. The molecule has 2 aromatic rings. The zero-order chi connectivity index (χ0) is 10.8. The van der Waals surface area contributed by atoms with Gasteiger partial charge in [-0.2, -0.15) is 0 Å². The maximum atomic E-state index is 9.58. The van der Waals surface area contributed by atoms with Crippen molar-refractivity contribution in [1.82, 2.24) is 4.57 Å². The maximum Gasteiger partial charge on any atom is 0.207 e. The molecule has 0 amide bonds. The van der Waals surface area contributed by atoms with Crippen LogP contribution in [0, 0.1) is 10.5 Å². The number of hydrogen-bond donors (Lipinski definition) is 1. The molecule has 1 aromatic carbocycles. The van der Waals surface area contributed by atoms with Crippen LogP contribution in [-0.2, 0) is 0 Å². The van der Waals surface area contributed by atoms with Gasteiger partial charge >= 0.3 is 0 Å². The Morgan fingerprint density at radius 2 is 2.27 bits per heavy atom. The second-order valence-corrected chi connectivity index (χ2v) is 4.33. The van der Waals surface area contributed by atoms with Crippen molar-refractivity contribution in [3.05, 3.63) is 45.0 Å². The first kappa shape index (κ1) is 9.90. The third kappa shape index (κ3) is 1.77. The monoisotopic (exact) mass is 234 g/mol. The molecule has 1 aromatic heterocycles. The van der Waals surface area contributed by atoms with Crippen molar-refractivity contribution < 1.29 is 5.11 Å². The molecule has 2 rings (SSSR count). The van der Waals surface area contributed by atoms with Gasteiger partial charge in [0, 0.05) is 5.69 Å². The lowest BCUT2D eigenvalue weighted by atomic mass is 10.3. The summed E-state index contributed by atoms with van der Waals surface area (Å²) >= 11 is 6.37. The van der Waals surface area contributed by atoms with Crippen LogP contribution in [0.5, 0.6) is 5.88 Å². The van der Waals surface area contributed by atoms with E-state index in [-0.39, 0.29) is 5.88 Å². The summed E-state index contributed by atoms with van der Waals surface area (Å²) in [5.74, 6) is 0.104. The van der Waals surface area contributed by atoms with E-state index in [0.717, 1.165) is 0 Å². The van der Waals surface area contributed by atoms with Crippen LogP contribution in [0.15, 0.2) is 29.6 Å². The Morgan fingerprint density at radius 3 is 2.87 bits per heavy atom. The molecule has 0 radical (unpaired) electrons. The average Bonchev–Trinajstić information content (AvgIpc) is 2.59. The second kappa shape index (κ2) is 3.85. The summed E-state index contributed by atoms with van der Waals surface area (Å²) in [6.45, 7) is 6.90. The Bertz CT molecular complexity index is 592. The van der Waals surface area contributed by atoms with Crippen molar-refractivity contribution in [2.45, 2.75) is 0 Å². The van der Waals surface area contributed by atoms with Gasteiger partial charge in [-0.1, -0.05) is 12.1 Å². The first-order valence-electron chi connectivity index (χ1n) is 4.10. The smallest absolute Gasteiger partial charge is 0.207 e. The van der Waals surface area contributed by atoms with E-state index in [2.05, 4.69) is 4.85 Å². The summed E-state index contributed by atoms with van der Waals surface area (Å²) in [6, 6.07) is 6.97. The highest BCUT2D eigenvalue weighted by Gasteiger charge is 2.05. The summed E-state index contributed by atoms with van der Waals surface area (Å²) in [7, 11) is 0. The maximum absolute atomic E-state index is 9.58. The van der Waals surface area contributed by atoms with E-state index in [1.165, 1.54) is 15.9 Å². The van der Waals surface area contributed by atoms with Crippen LogP contribution in [0.3, 0.4) is 0 Å². The molecule has 5 heteroatoms. The van der Waals surface area contributed by atoms with Crippen LogP contribution in [0.2, 0.25) is 0 Å². The van der Waals surface area contributed by atoms with Gasteiger partial charge < -0.3 is 5.11 Å². The van der Waals surface area contributed by atoms with Crippen LogP contribution in [0.25, 0.3) is 10.5 Å². The Kier molecular flexibility index (Phi) is 2.54. The molecule has 0 saturated carbocycles. The van der Waals surface area contributed by atoms with Crippen LogP contribution < -0.4 is 0 Å². The normalized spacial score (nSPS) is 9.80. The molecular weight excluding hydrogens is 228 g/mol. The lowest BCUT2D eigenvalue weighted by molar-refractivity contribution is 0.442. The number of aromatic nitrogens is 1. The third-order valence-electron chi connectivity index (χ3n) is 1.89. The molecule has 0 aliphatic heterocycles. The Hall–Kier alpha value is -1.64. The highest BCUT2D eigenvalue weighted by molar-refractivity contribution is 7.73. The molecule has 0 fully saturated rings. The Labute approximate surface area is 95.7 Å². The largest absolute Gasteiger partial charge is 0.494 e. The van der Waals surface area contributed by atoms with Gasteiger partial charge in [0.1, 0.15) is 0 Å². The summed E-state index contributed by atoms with van der Waals surface area (Å²) < 4.78 is 2.10. The highest BCUT2D eigenvalue weighted by atomic mass is 32.1. The number of rotatable bonds is 1. The first-order chi connectivity index (χ1) is 7.22. The van der Waals surface area contributed by atoms with Crippen LogP contribution in [0.4, 0.5) is 5.69 Å². The van der Waals surface area contributed by atoms with Gasteiger partial charge in [-0.15, -0.1) is 11.3 Å². The Balaban J connectivity index is 2.65. The van der Waals surface area contributed by atoms with Crippen molar-refractivity contribution in [3.8, 4) is 11.6 Å². The van der Waals surface area contributed by atoms with Gasteiger partial charge in [0.25, 0.3) is 0 Å². The molecule has 0 aliphatic carbocycles. The third-order valence-corrected chi connectivity index (χ3v) is 3.08. The quantitative estimate of drug-likeness (QED) is 0.604. The average molecular weight is 234 g/mol. The summed E-state index contributed by atoms with van der Waals surface area (Å²) in [5.41, 5.74) is 1.24. The van der Waals surface area contributed by atoms with Crippen LogP contribution in [-0.4, -0.2) is 9.67 Å². The molecule has 15 heavy (non-hydrogen) atoms. The van der Waals surface area contributed by atoms with Gasteiger partial charge in [0.15, 0.2) is 9.64 Å². The minimum Gasteiger partial charge on any atom is -0.494 e. The van der Waals surface area contributed by atoms with Gasteiger partial charge in [0.05, 0.1) is 12.0 Å². The zero-order valence-corrected chi connectivity index (χ0v) is 9.18. The van der Waals surface area contributed by atoms with Crippen molar-refractivity contribution >= 4 is 29.2 Å². The van der Waals surface area contributed by atoms with E-state index >= 15 is 0 Å². The van der Waals surface area contributed by atoms with Gasteiger partial charge in [-0.05, 0) is 24.4 Å². The van der Waals surface area contributed by atoms with Crippen molar-refractivity contribution in [3.63, 3.8) is 0 Å². The molecule has 0 spiro atoms. The fourth-order valence-corrected chi connectivity index (χ4v) is 2.20. The predicted molar refractivity (Wildman–Crippen MR) is 62.4 cm³/mol. The minimum atomic E-state index is 0.104. The molecule has 1 heterocycles. The summed E-state index contributed by atoms with van der Waals surface area (Å²) in [4.78, 5) is 3.32. The topological polar surface area (TPSA) is 29.5 Å². The summed E-state index contributed by atoms with van der Waals surface area (Å²) in [6.07, 6.45) is 0. The zero-order valence-electron chi connectivity index (χ0n) is 7.54. The fraction of sp³-hybridized carbons (Fsp3) is 0. The van der Waals surface area contributed by atoms with Gasteiger partial charge in [-0.25, -0.2) is 4.85 Å². The van der Waals surface area contributed by atoms with E-state index in [9.17, 15) is 5.11 Å². The molecule has 0 aliphatic rings. The number of thiazole rings is 1. The van der Waals surface area contributed by atoms with Crippen molar-refractivity contribution in [2.75, 3.05) is 0 Å². The Morgan fingerprint density at radius 1 is 1.47 bits per heavy atom. The minimum absolute atomic E-state index is 0.104. The number of aromatic hydroxyl groups is 1. The van der Waals surface area contributed by atoms with Crippen LogP contribution in [0.1, 0.15) is 0 Å². The SMILES string of the molecule is [C-]#[N+]c1cccc(-n2c(O)csc2=S)c1. The van der Waals surface area contributed by atoms with E-state index in [1.54, 1.807) is 29.6 Å². The van der Waals surface area contributed by atoms with E-state index in [1.807, 2.05) is 0 Å². The molecule has 74 valence electrons. The standard InChI is InChI=1S/C10H6N2OS2/c1-11-7-3-2-4-8(5-7)12-9(13)6-15-10(12)14/h2-6,13H. The number of benzene rings is 1. The number of hydrogen-bond acceptors (Lipinski definition) is 3. The molecule has 0 saturated heterocycles. The predicted octanol–water partition coefficient (Wildman–Crippen LogP) is 3.52. The van der Waals surface area contributed by atoms with Crippen LogP contribution >= 0.6 is 23.6 Å². The highest BCUT2D eigenvalue weighted by Crippen LogP contribution is 2.25. The molecule has 0 bridgehead atoms. The van der Waals surface area contributed by atoms with Crippen molar-refractivity contribution in [2.24, 2.45) is 0 Å². The van der Waals surface area contributed by atoms with E-state index in [0.29, 0.717) is 15.3 Å². The van der Waals surface area contributed by atoms with E-state index < -0.39 is 0 Å². The lowest BCUT2D eigenvalue weighted by Gasteiger charge is -2.04. The van der Waals surface area contributed by atoms with Gasteiger partial charge in [-0.3, -0.25) is 4.57 Å². The molecule has 0 unspecified atom stereocenters. The lowest BCUT2D eigenvalue weighted by Crippen LogP contribution is -1.91. The second-order valence-electron chi connectivity index (χ2n) is 2.83. The van der Waals surface area contributed by atoms with Crippen molar-refractivity contribution in [1.29, 1.82) is 0 Å². The number of nitrogens with zero attached hydrogens (tertiary/aromatic N) is 2. The molecule has 3 nitrogen and oxygen atoms in total. The first-order valence-corrected chi connectivity index (χ1v) is 5.38. The van der Waals surface area contributed by atoms with E-state index in [4.69, 9.17) is 18.8 Å². The van der Waals surface area contributed by atoms with Gasteiger partial charge in [0.2, 0.25) is 5.88 Å². The summed E-state index contributed by atoms with van der Waals surface area (Å²) in [5, 5.41) is 11.2. The molecule has 0 atom stereocenters. The molecule has 1 N–H and O–H groups in total.